The zero-order chi connectivity index (χ0) is 19.9. The van der Waals surface area contributed by atoms with Crippen molar-refractivity contribution < 1.29 is 13.2 Å². The molecule has 9 heteroatoms. The maximum atomic E-state index is 12.6. The van der Waals surface area contributed by atoms with Crippen molar-refractivity contribution in [2.45, 2.75) is 30.5 Å². The maximum absolute atomic E-state index is 12.6. The van der Waals surface area contributed by atoms with Crippen molar-refractivity contribution in [3.63, 3.8) is 0 Å². The van der Waals surface area contributed by atoms with Crippen molar-refractivity contribution >= 4 is 50.6 Å². The standard InChI is InChI=1S/C18H23ClN2O3S3/c1-13(2)17(21-27(23,24)16-7-3-5-14(19)11-16)18(22)20-8-10-25-12-15-6-4-9-26-15/h3-7,9,11,13,17,21H,8,10,12H2,1-2H3,(H,20,22)/t17-/m0/s1. The highest BCUT2D eigenvalue weighted by Crippen LogP contribution is 2.18. The SMILES string of the molecule is CC(C)[C@H](NS(=O)(=O)c1cccc(Cl)c1)C(=O)NCCSCc1cccs1. The van der Waals surface area contributed by atoms with Crippen LogP contribution in [-0.2, 0) is 20.6 Å². The van der Waals surface area contributed by atoms with Gasteiger partial charge in [-0.25, -0.2) is 8.42 Å². The molecule has 148 valence electrons. The fraction of sp³-hybridized carbons (Fsp3) is 0.389. The van der Waals surface area contributed by atoms with Gasteiger partial charge in [0.2, 0.25) is 15.9 Å². The van der Waals surface area contributed by atoms with Gasteiger partial charge >= 0.3 is 0 Å². The Kier molecular flexibility index (Phi) is 8.62. The summed E-state index contributed by atoms with van der Waals surface area (Å²) in [6, 6.07) is 9.21. The van der Waals surface area contributed by atoms with E-state index in [0.29, 0.717) is 11.6 Å². The predicted molar refractivity (Wildman–Crippen MR) is 114 cm³/mol. The summed E-state index contributed by atoms with van der Waals surface area (Å²) in [6.45, 7) is 4.09. The molecule has 0 aliphatic rings. The number of carbonyl (C=O) groups excluding carboxylic acids is 1. The molecule has 1 amide bonds. The van der Waals surface area contributed by atoms with E-state index in [0.717, 1.165) is 11.5 Å². The number of hydrogen-bond acceptors (Lipinski definition) is 5. The minimum absolute atomic E-state index is 0.0416. The lowest BCUT2D eigenvalue weighted by Gasteiger charge is -2.21. The van der Waals surface area contributed by atoms with Crippen LogP contribution in [-0.4, -0.2) is 32.7 Å². The van der Waals surface area contributed by atoms with Gasteiger partial charge in [-0.3, -0.25) is 4.79 Å². The number of halogens is 1. The van der Waals surface area contributed by atoms with Gasteiger partial charge in [-0.15, -0.1) is 11.3 Å². The fourth-order valence-corrected chi connectivity index (χ4v) is 5.63. The zero-order valence-electron chi connectivity index (χ0n) is 15.1. The summed E-state index contributed by atoms with van der Waals surface area (Å²) >= 11 is 9.31. The summed E-state index contributed by atoms with van der Waals surface area (Å²) in [5.41, 5.74) is 0. The molecule has 2 aromatic rings. The third-order valence-electron chi connectivity index (χ3n) is 3.71. The van der Waals surface area contributed by atoms with Crippen LogP contribution in [0.15, 0.2) is 46.7 Å². The second-order valence-electron chi connectivity index (χ2n) is 6.22. The van der Waals surface area contributed by atoms with E-state index in [-0.39, 0.29) is 16.7 Å². The summed E-state index contributed by atoms with van der Waals surface area (Å²) in [4.78, 5) is 13.8. The first-order valence-electron chi connectivity index (χ1n) is 8.45. The molecule has 1 heterocycles. The van der Waals surface area contributed by atoms with Crippen molar-refractivity contribution in [1.29, 1.82) is 0 Å². The summed E-state index contributed by atoms with van der Waals surface area (Å²) in [7, 11) is -3.84. The van der Waals surface area contributed by atoms with E-state index in [1.54, 1.807) is 49.1 Å². The Bertz CT molecular complexity index is 839. The van der Waals surface area contributed by atoms with Gasteiger partial charge in [0.1, 0.15) is 6.04 Å². The first kappa shape index (κ1) is 22.2. The van der Waals surface area contributed by atoms with E-state index in [1.165, 1.54) is 17.0 Å². The van der Waals surface area contributed by atoms with Gasteiger partial charge in [-0.05, 0) is 35.6 Å². The van der Waals surface area contributed by atoms with Crippen molar-refractivity contribution in [2.24, 2.45) is 5.92 Å². The summed E-state index contributed by atoms with van der Waals surface area (Å²) in [6.07, 6.45) is 0. The van der Waals surface area contributed by atoms with E-state index >= 15 is 0 Å². The second-order valence-corrected chi connectivity index (χ2v) is 10.5. The molecule has 27 heavy (non-hydrogen) atoms. The molecule has 0 unspecified atom stereocenters. The molecule has 0 saturated carbocycles. The quantitative estimate of drug-likeness (QED) is 0.545. The maximum Gasteiger partial charge on any atom is 0.241 e. The molecule has 0 radical (unpaired) electrons. The van der Waals surface area contributed by atoms with Gasteiger partial charge in [0.25, 0.3) is 0 Å². The van der Waals surface area contributed by atoms with Crippen LogP contribution < -0.4 is 10.0 Å². The minimum atomic E-state index is -3.84. The molecule has 2 rings (SSSR count). The van der Waals surface area contributed by atoms with Crippen LogP contribution in [0.3, 0.4) is 0 Å². The van der Waals surface area contributed by atoms with E-state index in [1.807, 2.05) is 11.4 Å². The van der Waals surface area contributed by atoms with Crippen LogP contribution in [0.4, 0.5) is 0 Å². The number of sulfonamides is 1. The van der Waals surface area contributed by atoms with Crippen molar-refractivity contribution in [3.05, 3.63) is 51.7 Å². The molecule has 0 aliphatic heterocycles. The summed E-state index contributed by atoms with van der Waals surface area (Å²) in [5, 5.41) is 5.18. The smallest absolute Gasteiger partial charge is 0.241 e. The lowest BCUT2D eigenvalue weighted by atomic mass is 10.1. The molecular weight excluding hydrogens is 424 g/mol. The minimum Gasteiger partial charge on any atom is -0.354 e. The molecule has 2 N–H and O–H groups in total. The molecule has 0 bridgehead atoms. The fourth-order valence-electron chi connectivity index (χ4n) is 2.29. The van der Waals surface area contributed by atoms with Gasteiger partial charge in [0.15, 0.2) is 0 Å². The second kappa shape index (κ2) is 10.5. The molecule has 0 aliphatic carbocycles. The van der Waals surface area contributed by atoms with Gasteiger partial charge in [0.05, 0.1) is 4.90 Å². The molecule has 0 saturated heterocycles. The van der Waals surface area contributed by atoms with E-state index in [9.17, 15) is 13.2 Å². The molecule has 1 atom stereocenters. The largest absolute Gasteiger partial charge is 0.354 e. The van der Waals surface area contributed by atoms with Gasteiger partial charge in [-0.2, -0.15) is 16.5 Å². The Balaban J connectivity index is 1.88. The number of thiophene rings is 1. The van der Waals surface area contributed by atoms with Crippen LogP contribution in [0, 0.1) is 5.92 Å². The molecule has 5 nitrogen and oxygen atoms in total. The van der Waals surface area contributed by atoms with Gasteiger partial charge < -0.3 is 5.32 Å². The number of nitrogens with one attached hydrogen (secondary N) is 2. The van der Waals surface area contributed by atoms with Crippen molar-refractivity contribution in [2.75, 3.05) is 12.3 Å². The highest BCUT2D eigenvalue weighted by molar-refractivity contribution is 7.98. The van der Waals surface area contributed by atoms with Crippen LogP contribution in [0.5, 0.6) is 0 Å². The molecular formula is C18H23ClN2O3S3. The monoisotopic (exact) mass is 446 g/mol. The van der Waals surface area contributed by atoms with Crippen LogP contribution in [0.2, 0.25) is 5.02 Å². The molecule has 0 fully saturated rings. The predicted octanol–water partition coefficient (Wildman–Crippen LogP) is 3.75. The highest BCUT2D eigenvalue weighted by Gasteiger charge is 2.28. The number of hydrogen-bond donors (Lipinski definition) is 2. The first-order chi connectivity index (χ1) is 12.8. The number of thioether (sulfide) groups is 1. The highest BCUT2D eigenvalue weighted by atomic mass is 35.5. The molecule has 1 aromatic heterocycles. The third kappa shape index (κ3) is 7.12. The van der Waals surface area contributed by atoms with E-state index in [2.05, 4.69) is 16.1 Å². The zero-order valence-corrected chi connectivity index (χ0v) is 18.4. The molecule has 1 aromatic carbocycles. The van der Waals surface area contributed by atoms with Crippen LogP contribution >= 0.6 is 34.7 Å². The number of amides is 1. The lowest BCUT2D eigenvalue weighted by molar-refractivity contribution is -0.123. The van der Waals surface area contributed by atoms with Crippen molar-refractivity contribution in [3.8, 4) is 0 Å². The average molecular weight is 447 g/mol. The van der Waals surface area contributed by atoms with Crippen LogP contribution in [0.1, 0.15) is 18.7 Å². The Labute approximate surface area is 173 Å². The van der Waals surface area contributed by atoms with E-state index in [4.69, 9.17) is 11.6 Å². The third-order valence-corrected chi connectivity index (χ3v) is 7.45. The average Bonchev–Trinajstić information content (AvgIpc) is 3.12. The Morgan fingerprint density at radius 2 is 2.04 bits per heavy atom. The number of rotatable bonds is 10. The Morgan fingerprint density at radius 1 is 1.26 bits per heavy atom. The topological polar surface area (TPSA) is 75.3 Å². The molecule has 0 spiro atoms. The first-order valence-corrected chi connectivity index (χ1v) is 12.3. The Morgan fingerprint density at radius 3 is 2.67 bits per heavy atom. The number of carbonyl (C=O) groups is 1. The van der Waals surface area contributed by atoms with E-state index < -0.39 is 16.1 Å². The lowest BCUT2D eigenvalue weighted by Crippen LogP contribution is -2.50. The summed E-state index contributed by atoms with van der Waals surface area (Å²) in [5.74, 6) is 1.14. The number of benzene rings is 1. The van der Waals surface area contributed by atoms with Crippen LogP contribution in [0.25, 0.3) is 0 Å². The van der Waals surface area contributed by atoms with Crippen molar-refractivity contribution in [1.82, 2.24) is 10.0 Å². The Hall–Kier alpha value is -1.06. The van der Waals surface area contributed by atoms with Gasteiger partial charge in [-0.1, -0.05) is 37.6 Å². The normalized spacial score (nSPS) is 12.9. The van der Waals surface area contributed by atoms with Gasteiger partial charge in [0, 0.05) is 28.0 Å². The summed E-state index contributed by atoms with van der Waals surface area (Å²) < 4.78 is 27.6.